The van der Waals surface area contributed by atoms with Gasteiger partial charge in [-0.25, -0.2) is 0 Å². The number of hydrogen-bond donors (Lipinski definition) is 1. The van der Waals surface area contributed by atoms with Gasteiger partial charge in [-0.2, -0.15) is 5.10 Å². The number of nitrogens with two attached hydrogens (primary N) is 1. The van der Waals surface area contributed by atoms with Crippen LogP contribution in [0.5, 0.6) is 5.75 Å². The van der Waals surface area contributed by atoms with Crippen LogP contribution in [0.25, 0.3) is 0 Å². The summed E-state index contributed by atoms with van der Waals surface area (Å²) in [7, 11) is 1.87. The fourth-order valence-electron chi connectivity index (χ4n) is 2.13. The molecule has 0 aliphatic carbocycles. The Hall–Kier alpha value is -1.04. The van der Waals surface area contributed by atoms with Gasteiger partial charge in [-0.3, -0.25) is 4.68 Å². The van der Waals surface area contributed by atoms with Gasteiger partial charge in [0.15, 0.2) is 0 Å². The molecule has 0 saturated heterocycles. The lowest BCUT2D eigenvalue weighted by Gasteiger charge is -2.14. The molecule has 2 rings (SSSR count). The summed E-state index contributed by atoms with van der Waals surface area (Å²) in [5, 5.41) is 5.06. The molecule has 1 heterocycles. The lowest BCUT2D eigenvalue weighted by atomic mass is 10.1. The topological polar surface area (TPSA) is 53.1 Å². The molecule has 2 N–H and O–H groups in total. The Kier molecular flexibility index (Phi) is 5.30. The maximum Gasteiger partial charge on any atom is 0.131 e. The molecule has 114 valence electrons. The first-order valence-electron chi connectivity index (χ1n) is 6.82. The van der Waals surface area contributed by atoms with Gasteiger partial charge in [-0.05, 0) is 25.5 Å². The van der Waals surface area contributed by atoms with Gasteiger partial charge in [0.05, 0.1) is 16.4 Å². The van der Waals surface area contributed by atoms with Crippen LogP contribution in [0.4, 0.5) is 0 Å². The molecular formula is C15H19BrClN3O. The first kappa shape index (κ1) is 16.3. The van der Waals surface area contributed by atoms with E-state index in [1.54, 1.807) is 4.68 Å². The van der Waals surface area contributed by atoms with E-state index in [4.69, 9.17) is 22.1 Å². The Morgan fingerprint density at radius 1 is 1.48 bits per heavy atom. The molecule has 4 nitrogen and oxygen atoms in total. The molecule has 0 spiro atoms. The molecule has 2 aromatic rings. The van der Waals surface area contributed by atoms with Crippen LogP contribution in [-0.2, 0) is 20.1 Å². The second-order valence-electron chi connectivity index (χ2n) is 4.94. The predicted octanol–water partition coefficient (Wildman–Crippen LogP) is 4.00. The van der Waals surface area contributed by atoms with Gasteiger partial charge < -0.3 is 10.5 Å². The van der Waals surface area contributed by atoms with Crippen molar-refractivity contribution in [2.75, 3.05) is 0 Å². The highest BCUT2D eigenvalue weighted by atomic mass is 79.9. The second-order valence-corrected chi connectivity index (χ2v) is 6.24. The van der Waals surface area contributed by atoms with Crippen LogP contribution < -0.4 is 10.5 Å². The van der Waals surface area contributed by atoms with Crippen molar-refractivity contribution in [2.24, 2.45) is 12.8 Å². The lowest BCUT2D eigenvalue weighted by molar-refractivity contribution is 0.290. The van der Waals surface area contributed by atoms with Crippen molar-refractivity contribution in [1.29, 1.82) is 0 Å². The van der Waals surface area contributed by atoms with Crippen LogP contribution in [0.1, 0.15) is 36.8 Å². The third-order valence-electron chi connectivity index (χ3n) is 3.33. The van der Waals surface area contributed by atoms with Crippen molar-refractivity contribution < 1.29 is 4.74 Å². The Balaban J connectivity index is 2.24. The fraction of sp³-hybridized carbons (Fsp3) is 0.400. The normalized spacial score (nSPS) is 12.5. The second kappa shape index (κ2) is 6.81. The van der Waals surface area contributed by atoms with Gasteiger partial charge in [-0.15, -0.1) is 0 Å². The number of aryl methyl sites for hydroxylation is 2. The minimum atomic E-state index is -0.0960. The quantitative estimate of drug-likeness (QED) is 0.863. The van der Waals surface area contributed by atoms with Crippen molar-refractivity contribution in [3.8, 4) is 5.75 Å². The van der Waals surface area contributed by atoms with Crippen LogP contribution in [0.3, 0.4) is 0 Å². The van der Waals surface area contributed by atoms with E-state index in [1.807, 2.05) is 39.1 Å². The number of aromatic nitrogens is 2. The fourth-order valence-corrected chi connectivity index (χ4v) is 2.82. The zero-order chi connectivity index (χ0) is 15.6. The molecule has 1 aromatic carbocycles. The standard InChI is InChI=1S/C15H19BrClN3O/c1-4-12-15(17)13(20(3)19-12)8-21-14-7-10(16)5-6-11(14)9(2)18/h5-7,9H,4,8,18H2,1-3H3. The monoisotopic (exact) mass is 371 g/mol. The van der Waals surface area contributed by atoms with E-state index in [2.05, 4.69) is 21.0 Å². The summed E-state index contributed by atoms with van der Waals surface area (Å²) < 4.78 is 8.65. The molecule has 0 bridgehead atoms. The third-order valence-corrected chi connectivity index (χ3v) is 4.26. The average Bonchev–Trinajstić information content (AvgIpc) is 2.71. The predicted molar refractivity (Wildman–Crippen MR) is 88.7 cm³/mol. The molecule has 6 heteroatoms. The van der Waals surface area contributed by atoms with Crippen LogP contribution in [-0.4, -0.2) is 9.78 Å². The zero-order valence-corrected chi connectivity index (χ0v) is 14.7. The minimum absolute atomic E-state index is 0.0960. The molecule has 0 aliphatic heterocycles. The van der Waals surface area contributed by atoms with Crippen molar-refractivity contribution >= 4 is 27.5 Å². The lowest BCUT2D eigenvalue weighted by Crippen LogP contribution is -2.09. The van der Waals surface area contributed by atoms with Gasteiger partial charge in [0, 0.05) is 23.1 Å². The number of ether oxygens (including phenoxy) is 1. The Morgan fingerprint density at radius 2 is 2.19 bits per heavy atom. The van der Waals surface area contributed by atoms with E-state index in [0.29, 0.717) is 11.6 Å². The van der Waals surface area contributed by atoms with E-state index in [1.165, 1.54) is 0 Å². The van der Waals surface area contributed by atoms with Crippen molar-refractivity contribution in [2.45, 2.75) is 32.9 Å². The minimum Gasteiger partial charge on any atom is -0.487 e. The molecule has 1 aromatic heterocycles. The largest absolute Gasteiger partial charge is 0.487 e. The maximum atomic E-state index is 6.33. The Morgan fingerprint density at radius 3 is 2.76 bits per heavy atom. The summed E-state index contributed by atoms with van der Waals surface area (Å²) in [6.07, 6.45) is 0.800. The third kappa shape index (κ3) is 3.59. The molecular weight excluding hydrogens is 354 g/mol. The van der Waals surface area contributed by atoms with Crippen LogP contribution >= 0.6 is 27.5 Å². The van der Waals surface area contributed by atoms with E-state index >= 15 is 0 Å². The summed E-state index contributed by atoms with van der Waals surface area (Å²) >= 11 is 9.78. The van der Waals surface area contributed by atoms with Crippen molar-refractivity contribution in [3.63, 3.8) is 0 Å². The molecule has 1 atom stereocenters. The van der Waals surface area contributed by atoms with Crippen molar-refractivity contribution in [1.82, 2.24) is 9.78 Å². The summed E-state index contributed by atoms with van der Waals surface area (Å²) in [5.41, 5.74) is 8.70. The summed E-state index contributed by atoms with van der Waals surface area (Å²) in [6, 6.07) is 5.75. The van der Waals surface area contributed by atoms with Gasteiger partial charge in [0.1, 0.15) is 12.4 Å². The average molecular weight is 373 g/mol. The highest BCUT2D eigenvalue weighted by Crippen LogP contribution is 2.29. The molecule has 1 unspecified atom stereocenters. The summed E-state index contributed by atoms with van der Waals surface area (Å²) in [5.74, 6) is 0.759. The van der Waals surface area contributed by atoms with E-state index in [0.717, 1.165) is 33.6 Å². The van der Waals surface area contributed by atoms with Gasteiger partial charge in [-0.1, -0.05) is 40.5 Å². The first-order valence-corrected chi connectivity index (χ1v) is 7.99. The van der Waals surface area contributed by atoms with Crippen LogP contribution in [0.15, 0.2) is 22.7 Å². The van der Waals surface area contributed by atoms with E-state index < -0.39 is 0 Å². The first-order chi connectivity index (χ1) is 9.93. The highest BCUT2D eigenvalue weighted by molar-refractivity contribution is 9.10. The molecule has 21 heavy (non-hydrogen) atoms. The summed E-state index contributed by atoms with van der Waals surface area (Å²) in [4.78, 5) is 0. The number of benzene rings is 1. The number of halogens is 2. The zero-order valence-electron chi connectivity index (χ0n) is 12.4. The van der Waals surface area contributed by atoms with Crippen molar-refractivity contribution in [3.05, 3.63) is 44.6 Å². The number of rotatable bonds is 5. The van der Waals surface area contributed by atoms with Gasteiger partial charge >= 0.3 is 0 Å². The number of hydrogen-bond acceptors (Lipinski definition) is 3. The number of nitrogens with zero attached hydrogens (tertiary/aromatic N) is 2. The summed E-state index contributed by atoms with van der Waals surface area (Å²) in [6.45, 7) is 4.32. The highest BCUT2D eigenvalue weighted by Gasteiger charge is 2.15. The molecule has 0 fully saturated rings. The van der Waals surface area contributed by atoms with Gasteiger partial charge in [0.2, 0.25) is 0 Å². The molecule has 0 aliphatic rings. The van der Waals surface area contributed by atoms with Crippen LogP contribution in [0.2, 0.25) is 5.02 Å². The SMILES string of the molecule is CCc1nn(C)c(COc2cc(Br)ccc2C(C)N)c1Cl. The maximum absolute atomic E-state index is 6.33. The smallest absolute Gasteiger partial charge is 0.131 e. The van der Waals surface area contributed by atoms with E-state index in [-0.39, 0.29) is 6.04 Å². The van der Waals surface area contributed by atoms with Gasteiger partial charge in [0.25, 0.3) is 0 Å². The molecule has 0 amide bonds. The van der Waals surface area contributed by atoms with Crippen LogP contribution in [0, 0.1) is 0 Å². The van der Waals surface area contributed by atoms with E-state index in [9.17, 15) is 0 Å². The molecule has 0 saturated carbocycles. The Labute approximate surface area is 138 Å². The Bertz CT molecular complexity index is 640. The molecule has 0 radical (unpaired) electrons.